The predicted octanol–water partition coefficient (Wildman–Crippen LogP) is 3.79. The second kappa shape index (κ2) is 8.82. The number of rotatable bonds is 7. The van der Waals surface area contributed by atoms with Crippen molar-refractivity contribution in [2.24, 2.45) is 5.41 Å². The Morgan fingerprint density at radius 3 is 2.52 bits per heavy atom. The molecule has 7 heteroatoms. The van der Waals surface area contributed by atoms with Crippen molar-refractivity contribution in [3.8, 4) is 0 Å². The summed E-state index contributed by atoms with van der Waals surface area (Å²) in [6.07, 6.45) is 0.453. The van der Waals surface area contributed by atoms with Crippen LogP contribution in [0.5, 0.6) is 0 Å². The summed E-state index contributed by atoms with van der Waals surface area (Å²) < 4.78 is 0.931. The number of carbonyl (C=O) groups is 2. The van der Waals surface area contributed by atoms with Gasteiger partial charge in [-0.2, -0.15) is 0 Å². The maximum absolute atomic E-state index is 12.9. The van der Waals surface area contributed by atoms with Crippen molar-refractivity contribution >= 4 is 38.9 Å². The topological polar surface area (TPSA) is 81.7 Å². The molecule has 6 nitrogen and oxygen atoms in total. The molecule has 0 saturated carbocycles. The molecule has 1 aromatic heterocycles. The van der Waals surface area contributed by atoms with Gasteiger partial charge in [-0.15, -0.1) is 11.3 Å². The first-order valence-electron chi connectivity index (χ1n) is 9.12. The minimum Gasteiger partial charge on any atom is -0.313 e. The number of hydrogen-bond donors (Lipinski definition) is 3. The van der Waals surface area contributed by atoms with Crippen molar-refractivity contribution in [1.82, 2.24) is 10.8 Å². The molecule has 3 N–H and O–H groups in total. The monoisotopic (exact) mass is 391 g/mol. The zero-order valence-corrected chi connectivity index (χ0v) is 17.4. The lowest BCUT2D eigenvalue weighted by molar-refractivity contribution is -0.120. The van der Waals surface area contributed by atoms with Crippen LogP contribution in [0, 0.1) is 5.41 Å². The highest BCUT2D eigenvalue weighted by Crippen LogP contribution is 2.30. The lowest BCUT2D eigenvalue weighted by Gasteiger charge is -2.27. The van der Waals surface area contributed by atoms with E-state index in [-0.39, 0.29) is 11.3 Å². The number of nitrogens with one attached hydrogen (secondary N) is 2. The van der Waals surface area contributed by atoms with Crippen LogP contribution in [0.15, 0.2) is 24.3 Å². The summed E-state index contributed by atoms with van der Waals surface area (Å²) in [7, 11) is 0. The smallest absolute Gasteiger partial charge is 0.284 e. The number of fused-ring (bicyclic) bond motifs is 1. The van der Waals surface area contributed by atoms with Gasteiger partial charge < -0.3 is 10.2 Å². The van der Waals surface area contributed by atoms with Crippen molar-refractivity contribution in [2.45, 2.75) is 47.1 Å². The van der Waals surface area contributed by atoms with E-state index in [1.807, 2.05) is 23.1 Å². The summed E-state index contributed by atoms with van der Waals surface area (Å²) >= 11 is 1.30. The average Bonchev–Trinajstić information content (AvgIpc) is 2.99. The van der Waals surface area contributed by atoms with E-state index in [4.69, 9.17) is 5.21 Å². The highest BCUT2D eigenvalue weighted by atomic mass is 32.1. The maximum atomic E-state index is 12.9. The maximum Gasteiger partial charge on any atom is 0.284 e. The quantitative estimate of drug-likeness (QED) is 0.495. The minimum atomic E-state index is -0.528. The largest absolute Gasteiger partial charge is 0.313 e. The van der Waals surface area contributed by atoms with Crippen molar-refractivity contribution in [3.63, 3.8) is 0 Å². The molecule has 1 heterocycles. The highest BCUT2D eigenvalue weighted by Gasteiger charge is 2.23. The third-order valence-corrected chi connectivity index (χ3v) is 5.12. The molecule has 0 fully saturated rings. The molecule has 0 atom stereocenters. The SMILES string of the molecule is CC(C)NCCN(C(=O)CC(C)(C)C)c1ccc2sc(C(=O)NO)cc2c1. The molecule has 0 spiro atoms. The molecule has 0 unspecified atom stereocenters. The van der Waals surface area contributed by atoms with Crippen LogP contribution in [0.3, 0.4) is 0 Å². The Balaban J connectivity index is 2.32. The molecule has 0 radical (unpaired) electrons. The molecule has 148 valence electrons. The van der Waals surface area contributed by atoms with Gasteiger partial charge in [-0.05, 0) is 35.1 Å². The van der Waals surface area contributed by atoms with E-state index in [0.29, 0.717) is 30.4 Å². The molecule has 2 amide bonds. The number of anilines is 1. The fraction of sp³-hybridized carbons (Fsp3) is 0.500. The number of hydroxylamine groups is 1. The second-order valence-electron chi connectivity index (χ2n) is 8.17. The third-order valence-electron chi connectivity index (χ3n) is 4.01. The Morgan fingerprint density at radius 2 is 1.93 bits per heavy atom. The molecule has 2 rings (SSSR count). The Kier molecular flexibility index (Phi) is 6.97. The Hall–Kier alpha value is -1.96. The Bertz CT molecular complexity index is 808. The fourth-order valence-electron chi connectivity index (χ4n) is 2.78. The number of amides is 2. The van der Waals surface area contributed by atoms with E-state index in [1.54, 1.807) is 11.5 Å². The van der Waals surface area contributed by atoms with Crippen LogP contribution in [0.2, 0.25) is 0 Å². The van der Waals surface area contributed by atoms with Gasteiger partial charge in [-0.3, -0.25) is 14.8 Å². The van der Waals surface area contributed by atoms with Crippen LogP contribution < -0.4 is 15.7 Å². The van der Waals surface area contributed by atoms with Crippen LogP contribution in [0.4, 0.5) is 5.69 Å². The van der Waals surface area contributed by atoms with Gasteiger partial charge in [0, 0.05) is 35.9 Å². The molecule has 2 aromatic rings. The van der Waals surface area contributed by atoms with Gasteiger partial charge >= 0.3 is 0 Å². The standard InChI is InChI=1S/C20H29N3O3S/c1-13(2)21-8-9-23(18(24)12-20(3,4)5)15-6-7-16-14(10-15)11-17(27-16)19(25)22-26/h6-7,10-11,13,21,26H,8-9,12H2,1-5H3,(H,22,25). The number of benzene rings is 1. The minimum absolute atomic E-state index is 0.0796. The van der Waals surface area contributed by atoms with Gasteiger partial charge in [0.1, 0.15) is 0 Å². The van der Waals surface area contributed by atoms with E-state index in [1.165, 1.54) is 11.3 Å². The van der Waals surface area contributed by atoms with Crippen LogP contribution in [-0.2, 0) is 4.79 Å². The molecular formula is C20H29N3O3S. The Labute approximate surface area is 164 Å². The molecule has 1 aromatic carbocycles. The lowest BCUT2D eigenvalue weighted by atomic mass is 9.91. The zero-order chi connectivity index (χ0) is 20.2. The molecule has 0 saturated heterocycles. The summed E-state index contributed by atoms with van der Waals surface area (Å²) in [5.41, 5.74) is 2.38. The molecule has 0 aliphatic heterocycles. The first-order valence-corrected chi connectivity index (χ1v) is 9.94. The zero-order valence-electron chi connectivity index (χ0n) is 16.6. The lowest BCUT2D eigenvalue weighted by Crippen LogP contribution is -2.40. The van der Waals surface area contributed by atoms with Crippen LogP contribution in [0.25, 0.3) is 10.1 Å². The van der Waals surface area contributed by atoms with Crippen LogP contribution in [0.1, 0.15) is 50.7 Å². The predicted molar refractivity (Wildman–Crippen MR) is 111 cm³/mol. The molecule has 0 bridgehead atoms. The second-order valence-corrected chi connectivity index (χ2v) is 9.25. The van der Waals surface area contributed by atoms with Crippen LogP contribution >= 0.6 is 11.3 Å². The van der Waals surface area contributed by atoms with E-state index in [9.17, 15) is 9.59 Å². The average molecular weight is 392 g/mol. The number of nitrogens with zero attached hydrogens (tertiary/aromatic N) is 1. The number of hydrogen-bond acceptors (Lipinski definition) is 5. The third kappa shape index (κ3) is 6.02. The summed E-state index contributed by atoms with van der Waals surface area (Å²) in [5.74, 6) is -0.449. The number of carbonyl (C=O) groups excluding carboxylic acids is 2. The van der Waals surface area contributed by atoms with E-state index in [2.05, 4.69) is 39.9 Å². The van der Waals surface area contributed by atoms with E-state index in [0.717, 1.165) is 15.8 Å². The summed E-state index contributed by atoms with van der Waals surface area (Å²) in [5, 5.41) is 13.1. The highest BCUT2D eigenvalue weighted by molar-refractivity contribution is 7.20. The molecular weight excluding hydrogens is 362 g/mol. The van der Waals surface area contributed by atoms with Gasteiger partial charge in [0.2, 0.25) is 5.91 Å². The summed E-state index contributed by atoms with van der Waals surface area (Å²) in [6, 6.07) is 7.83. The first kappa shape index (κ1) is 21.3. The summed E-state index contributed by atoms with van der Waals surface area (Å²) in [4.78, 5) is 26.8. The van der Waals surface area contributed by atoms with Gasteiger partial charge in [0.25, 0.3) is 5.91 Å². The van der Waals surface area contributed by atoms with Crippen molar-refractivity contribution in [3.05, 3.63) is 29.1 Å². The van der Waals surface area contributed by atoms with E-state index < -0.39 is 5.91 Å². The number of thiophene rings is 1. The molecule has 0 aliphatic carbocycles. The van der Waals surface area contributed by atoms with Crippen molar-refractivity contribution < 1.29 is 14.8 Å². The van der Waals surface area contributed by atoms with Crippen molar-refractivity contribution in [2.75, 3.05) is 18.0 Å². The molecule has 0 aliphatic rings. The van der Waals surface area contributed by atoms with Gasteiger partial charge in [-0.1, -0.05) is 34.6 Å². The van der Waals surface area contributed by atoms with Crippen molar-refractivity contribution in [1.29, 1.82) is 0 Å². The van der Waals surface area contributed by atoms with E-state index >= 15 is 0 Å². The van der Waals surface area contributed by atoms with Gasteiger partial charge in [0.15, 0.2) is 0 Å². The van der Waals surface area contributed by atoms with Gasteiger partial charge in [0.05, 0.1) is 4.88 Å². The Morgan fingerprint density at radius 1 is 1.22 bits per heavy atom. The van der Waals surface area contributed by atoms with Crippen LogP contribution in [-0.4, -0.2) is 36.2 Å². The molecule has 27 heavy (non-hydrogen) atoms. The normalized spacial score (nSPS) is 11.8. The fourth-order valence-corrected chi connectivity index (χ4v) is 3.71. The van der Waals surface area contributed by atoms with Gasteiger partial charge in [-0.25, -0.2) is 5.48 Å². The summed E-state index contributed by atoms with van der Waals surface area (Å²) in [6.45, 7) is 11.6. The first-order chi connectivity index (χ1) is 12.6.